The van der Waals surface area contributed by atoms with Gasteiger partial charge in [-0.2, -0.15) is 0 Å². The standard InChI is InChI=1S/C15H32N.HI/c1-7-16(5,6)9-8-14-10-13(2)11-15(3,4)12-14;/h13-14H,7-12H2,1-6H3;1H/q+1;/p-1. The minimum Gasteiger partial charge on any atom is -1.00 e. The zero-order valence-corrected chi connectivity index (χ0v) is 14.9. The predicted octanol–water partition coefficient (Wildman–Crippen LogP) is 0.939. The molecule has 17 heavy (non-hydrogen) atoms. The molecule has 0 amide bonds. The Labute approximate surface area is 126 Å². The maximum absolute atomic E-state index is 2.45. The molecule has 0 aliphatic heterocycles. The van der Waals surface area contributed by atoms with Crippen molar-refractivity contribution in [2.45, 2.75) is 53.4 Å². The predicted molar refractivity (Wildman–Crippen MR) is 72.4 cm³/mol. The molecule has 1 saturated carbocycles. The first-order chi connectivity index (χ1) is 7.24. The van der Waals surface area contributed by atoms with Crippen LogP contribution in [0, 0.1) is 17.3 Å². The second-order valence-electron chi connectivity index (χ2n) is 7.54. The van der Waals surface area contributed by atoms with Gasteiger partial charge in [-0.1, -0.05) is 20.8 Å². The molecule has 1 nitrogen and oxygen atoms in total. The lowest BCUT2D eigenvalue weighted by Gasteiger charge is -2.40. The molecule has 1 rings (SSSR count). The number of nitrogens with zero attached hydrogens (tertiary/aromatic N) is 1. The first-order valence-electron chi connectivity index (χ1n) is 7.06. The molecule has 0 aromatic rings. The molecular formula is C15H32IN. The van der Waals surface area contributed by atoms with Crippen LogP contribution in [0.5, 0.6) is 0 Å². The van der Waals surface area contributed by atoms with Gasteiger partial charge >= 0.3 is 0 Å². The lowest BCUT2D eigenvalue weighted by molar-refractivity contribution is -0.889. The summed E-state index contributed by atoms with van der Waals surface area (Å²) in [5.41, 5.74) is 0.589. The van der Waals surface area contributed by atoms with Gasteiger partial charge in [0.05, 0.1) is 27.2 Å². The largest absolute Gasteiger partial charge is 1.00 e. The molecule has 2 atom stereocenters. The zero-order chi connectivity index (χ0) is 12.4. The topological polar surface area (TPSA) is 0 Å². The Morgan fingerprint density at radius 1 is 1.18 bits per heavy atom. The van der Waals surface area contributed by atoms with Crippen LogP contribution in [0.1, 0.15) is 53.4 Å². The molecule has 0 aromatic heterocycles. The Bertz CT molecular complexity index is 223. The summed E-state index contributed by atoms with van der Waals surface area (Å²) in [5, 5.41) is 0. The fourth-order valence-corrected chi connectivity index (χ4v) is 3.45. The Kier molecular flexibility index (Phi) is 7.01. The van der Waals surface area contributed by atoms with Crippen LogP contribution in [0.2, 0.25) is 0 Å². The highest BCUT2D eigenvalue weighted by Crippen LogP contribution is 2.42. The van der Waals surface area contributed by atoms with Gasteiger partial charge in [0.2, 0.25) is 0 Å². The maximum atomic E-state index is 2.45. The van der Waals surface area contributed by atoms with E-state index in [0.717, 1.165) is 11.8 Å². The highest BCUT2D eigenvalue weighted by Gasteiger charge is 2.32. The van der Waals surface area contributed by atoms with Crippen molar-refractivity contribution in [1.29, 1.82) is 0 Å². The van der Waals surface area contributed by atoms with E-state index >= 15 is 0 Å². The second kappa shape index (κ2) is 6.74. The van der Waals surface area contributed by atoms with Gasteiger partial charge in [0.15, 0.2) is 0 Å². The molecule has 0 aromatic carbocycles. The van der Waals surface area contributed by atoms with E-state index in [9.17, 15) is 0 Å². The van der Waals surface area contributed by atoms with E-state index in [1.807, 2.05) is 0 Å². The molecule has 1 aliphatic rings. The van der Waals surface area contributed by atoms with Gasteiger partial charge in [0.1, 0.15) is 0 Å². The summed E-state index contributed by atoms with van der Waals surface area (Å²) in [6.45, 7) is 12.3. The van der Waals surface area contributed by atoms with Gasteiger partial charge in [-0.3, -0.25) is 0 Å². The van der Waals surface area contributed by atoms with E-state index in [1.54, 1.807) is 0 Å². The van der Waals surface area contributed by atoms with Gasteiger partial charge < -0.3 is 28.5 Å². The molecule has 2 unspecified atom stereocenters. The average Bonchev–Trinajstić information content (AvgIpc) is 2.12. The second-order valence-corrected chi connectivity index (χ2v) is 7.54. The third kappa shape index (κ3) is 6.42. The smallest absolute Gasteiger partial charge is 0.0785 e. The number of hydrogen-bond donors (Lipinski definition) is 0. The summed E-state index contributed by atoms with van der Waals surface area (Å²) in [6, 6.07) is 0. The van der Waals surface area contributed by atoms with Crippen LogP contribution in [0.25, 0.3) is 0 Å². The fraction of sp³-hybridized carbons (Fsp3) is 1.00. The van der Waals surface area contributed by atoms with E-state index in [-0.39, 0.29) is 24.0 Å². The minimum atomic E-state index is 0. The fourth-order valence-electron chi connectivity index (χ4n) is 3.45. The van der Waals surface area contributed by atoms with Crippen molar-refractivity contribution in [3.05, 3.63) is 0 Å². The first kappa shape index (κ1) is 17.7. The lowest BCUT2D eigenvalue weighted by Crippen LogP contribution is -3.00. The Hall–Kier alpha value is 0.690. The van der Waals surface area contributed by atoms with Crippen molar-refractivity contribution < 1.29 is 28.5 Å². The zero-order valence-electron chi connectivity index (χ0n) is 12.7. The molecular weight excluding hydrogens is 321 g/mol. The molecule has 1 aliphatic carbocycles. The van der Waals surface area contributed by atoms with Crippen molar-refractivity contribution in [2.75, 3.05) is 27.2 Å². The van der Waals surface area contributed by atoms with Crippen LogP contribution in [-0.4, -0.2) is 31.7 Å². The van der Waals surface area contributed by atoms with Crippen molar-refractivity contribution in [1.82, 2.24) is 0 Å². The summed E-state index contributed by atoms with van der Waals surface area (Å²) < 4.78 is 1.19. The van der Waals surface area contributed by atoms with Crippen molar-refractivity contribution in [3.8, 4) is 0 Å². The van der Waals surface area contributed by atoms with Crippen molar-refractivity contribution in [3.63, 3.8) is 0 Å². The number of hydrogen-bond acceptors (Lipinski definition) is 0. The molecule has 0 N–H and O–H groups in total. The van der Waals surface area contributed by atoms with E-state index in [2.05, 4.69) is 41.8 Å². The monoisotopic (exact) mass is 353 g/mol. The van der Waals surface area contributed by atoms with E-state index in [4.69, 9.17) is 0 Å². The molecule has 2 heteroatoms. The van der Waals surface area contributed by atoms with Crippen molar-refractivity contribution >= 4 is 0 Å². The molecule has 0 spiro atoms. The van der Waals surface area contributed by atoms with Crippen LogP contribution in [0.15, 0.2) is 0 Å². The summed E-state index contributed by atoms with van der Waals surface area (Å²) in [7, 11) is 4.72. The highest BCUT2D eigenvalue weighted by molar-refractivity contribution is 4.82. The number of halogens is 1. The molecule has 0 saturated heterocycles. The lowest BCUT2D eigenvalue weighted by atomic mass is 9.67. The van der Waals surface area contributed by atoms with E-state index in [0.29, 0.717) is 5.41 Å². The number of quaternary nitrogens is 1. The molecule has 104 valence electrons. The highest BCUT2D eigenvalue weighted by atomic mass is 127. The third-order valence-corrected chi connectivity index (χ3v) is 4.48. The summed E-state index contributed by atoms with van der Waals surface area (Å²) in [4.78, 5) is 0. The number of rotatable bonds is 4. The molecule has 0 radical (unpaired) electrons. The Balaban J connectivity index is 0.00000256. The van der Waals surface area contributed by atoms with Crippen LogP contribution < -0.4 is 24.0 Å². The minimum absolute atomic E-state index is 0. The van der Waals surface area contributed by atoms with Crippen molar-refractivity contribution in [2.24, 2.45) is 17.3 Å². The van der Waals surface area contributed by atoms with Crippen LogP contribution in [0.3, 0.4) is 0 Å². The summed E-state index contributed by atoms with van der Waals surface area (Å²) >= 11 is 0. The van der Waals surface area contributed by atoms with Gasteiger partial charge in [0, 0.05) is 0 Å². The summed E-state index contributed by atoms with van der Waals surface area (Å²) in [5.74, 6) is 1.91. The van der Waals surface area contributed by atoms with Crippen LogP contribution in [-0.2, 0) is 0 Å². The van der Waals surface area contributed by atoms with Gasteiger partial charge in [0.25, 0.3) is 0 Å². The van der Waals surface area contributed by atoms with Gasteiger partial charge in [-0.25, -0.2) is 0 Å². The normalized spacial score (nSPS) is 28.6. The summed E-state index contributed by atoms with van der Waals surface area (Å²) in [6.07, 6.45) is 5.76. The third-order valence-electron chi connectivity index (χ3n) is 4.48. The quantitative estimate of drug-likeness (QED) is 0.521. The molecule has 0 heterocycles. The van der Waals surface area contributed by atoms with Crippen LogP contribution >= 0.6 is 0 Å². The first-order valence-corrected chi connectivity index (χ1v) is 7.06. The Morgan fingerprint density at radius 3 is 2.24 bits per heavy atom. The van der Waals surface area contributed by atoms with Gasteiger partial charge in [-0.15, -0.1) is 0 Å². The maximum Gasteiger partial charge on any atom is 0.0785 e. The van der Waals surface area contributed by atoms with Gasteiger partial charge in [-0.05, 0) is 49.9 Å². The molecule has 1 fully saturated rings. The molecule has 0 bridgehead atoms. The van der Waals surface area contributed by atoms with Crippen LogP contribution in [0.4, 0.5) is 0 Å². The Morgan fingerprint density at radius 2 is 1.76 bits per heavy atom. The van der Waals surface area contributed by atoms with E-state index in [1.165, 1.54) is 43.3 Å². The SMILES string of the molecule is CC[N+](C)(C)CCC1CC(C)CC(C)(C)C1.[I-]. The van der Waals surface area contributed by atoms with E-state index < -0.39 is 0 Å². The average molecular weight is 353 g/mol.